The van der Waals surface area contributed by atoms with E-state index >= 15 is 0 Å². The van der Waals surface area contributed by atoms with Crippen LogP contribution in [0.25, 0.3) is 0 Å². The number of benzene rings is 1. The van der Waals surface area contributed by atoms with Gasteiger partial charge in [0.25, 0.3) is 0 Å². The van der Waals surface area contributed by atoms with Gasteiger partial charge in [-0.1, -0.05) is 0 Å². The van der Waals surface area contributed by atoms with Crippen LogP contribution in [0.15, 0.2) is 29.6 Å². The molecular formula is C17H23NO2S. The van der Waals surface area contributed by atoms with Crippen LogP contribution < -0.4 is 14.8 Å². The highest BCUT2D eigenvalue weighted by Crippen LogP contribution is 2.33. The van der Waals surface area contributed by atoms with Crippen molar-refractivity contribution in [1.29, 1.82) is 0 Å². The quantitative estimate of drug-likeness (QED) is 0.778. The molecule has 1 aromatic heterocycles. The Kier molecular flexibility index (Phi) is 5.51. The summed E-state index contributed by atoms with van der Waals surface area (Å²) in [6.45, 7) is 9.54. The molecule has 1 aromatic carbocycles. The zero-order valence-electron chi connectivity index (χ0n) is 13.1. The summed E-state index contributed by atoms with van der Waals surface area (Å²) in [6, 6.07) is 8.44. The Hall–Kier alpha value is -1.68. The molecule has 0 aliphatic carbocycles. The van der Waals surface area contributed by atoms with Crippen molar-refractivity contribution >= 4 is 17.0 Å². The van der Waals surface area contributed by atoms with Crippen molar-refractivity contribution in [3.05, 3.63) is 40.1 Å². The standard InChI is InChI=1S/C17H23NO2S/c1-5-19-15-8-7-14(11-16(15)20-6-2)18-13(4)17-12(3)9-10-21-17/h7-11,13,18H,5-6H2,1-4H3. The van der Waals surface area contributed by atoms with E-state index in [4.69, 9.17) is 9.47 Å². The maximum absolute atomic E-state index is 5.66. The van der Waals surface area contributed by atoms with Gasteiger partial charge in [-0.15, -0.1) is 11.3 Å². The average Bonchev–Trinajstić information content (AvgIpc) is 2.88. The smallest absolute Gasteiger partial charge is 0.163 e. The third kappa shape index (κ3) is 3.91. The SMILES string of the molecule is CCOc1ccc(NC(C)c2sccc2C)cc1OCC. The zero-order chi connectivity index (χ0) is 15.2. The van der Waals surface area contributed by atoms with Crippen LogP contribution in [0.3, 0.4) is 0 Å². The van der Waals surface area contributed by atoms with E-state index in [1.165, 1.54) is 10.4 Å². The lowest BCUT2D eigenvalue weighted by Crippen LogP contribution is -2.07. The minimum Gasteiger partial charge on any atom is -0.490 e. The predicted molar refractivity (Wildman–Crippen MR) is 89.9 cm³/mol. The van der Waals surface area contributed by atoms with Gasteiger partial charge in [0, 0.05) is 16.6 Å². The number of hydrogen-bond acceptors (Lipinski definition) is 4. The van der Waals surface area contributed by atoms with Crippen molar-refractivity contribution in [2.75, 3.05) is 18.5 Å². The van der Waals surface area contributed by atoms with Crippen LogP contribution in [0, 0.1) is 6.92 Å². The fraction of sp³-hybridized carbons (Fsp3) is 0.412. The molecule has 21 heavy (non-hydrogen) atoms. The topological polar surface area (TPSA) is 30.5 Å². The lowest BCUT2D eigenvalue weighted by molar-refractivity contribution is 0.288. The van der Waals surface area contributed by atoms with Gasteiger partial charge in [-0.3, -0.25) is 0 Å². The Morgan fingerprint density at radius 1 is 1.10 bits per heavy atom. The molecule has 0 radical (unpaired) electrons. The third-order valence-corrected chi connectivity index (χ3v) is 4.42. The number of thiophene rings is 1. The molecule has 0 bridgehead atoms. The maximum Gasteiger partial charge on any atom is 0.163 e. The van der Waals surface area contributed by atoms with E-state index in [0.29, 0.717) is 13.2 Å². The van der Waals surface area contributed by atoms with Crippen LogP contribution in [0.5, 0.6) is 11.5 Å². The molecule has 4 heteroatoms. The van der Waals surface area contributed by atoms with Gasteiger partial charge in [0.1, 0.15) is 0 Å². The first-order valence-electron chi connectivity index (χ1n) is 7.35. The van der Waals surface area contributed by atoms with E-state index in [9.17, 15) is 0 Å². The number of anilines is 1. The molecule has 0 saturated carbocycles. The Bertz CT molecular complexity index is 580. The Balaban J connectivity index is 2.16. The van der Waals surface area contributed by atoms with Gasteiger partial charge in [0.05, 0.1) is 19.3 Å². The summed E-state index contributed by atoms with van der Waals surface area (Å²) in [5, 5.41) is 5.66. The number of nitrogens with one attached hydrogen (secondary N) is 1. The van der Waals surface area contributed by atoms with Crippen molar-refractivity contribution in [3.8, 4) is 11.5 Å². The van der Waals surface area contributed by atoms with Gasteiger partial charge in [-0.2, -0.15) is 0 Å². The second-order valence-electron chi connectivity index (χ2n) is 4.86. The first-order chi connectivity index (χ1) is 10.2. The first-order valence-corrected chi connectivity index (χ1v) is 8.23. The lowest BCUT2D eigenvalue weighted by Gasteiger charge is -2.17. The van der Waals surface area contributed by atoms with Crippen LogP contribution >= 0.6 is 11.3 Å². The fourth-order valence-corrected chi connectivity index (χ4v) is 3.22. The van der Waals surface area contributed by atoms with Crippen LogP contribution in [-0.4, -0.2) is 13.2 Å². The van der Waals surface area contributed by atoms with E-state index in [1.807, 2.05) is 32.0 Å². The summed E-state index contributed by atoms with van der Waals surface area (Å²) in [5.41, 5.74) is 2.37. The molecule has 0 amide bonds. The van der Waals surface area contributed by atoms with Crippen LogP contribution in [0.1, 0.15) is 37.3 Å². The molecule has 1 N–H and O–H groups in total. The van der Waals surface area contributed by atoms with Crippen LogP contribution in [0.2, 0.25) is 0 Å². The van der Waals surface area contributed by atoms with Crippen LogP contribution in [-0.2, 0) is 0 Å². The average molecular weight is 305 g/mol. The van der Waals surface area contributed by atoms with Gasteiger partial charge in [0.2, 0.25) is 0 Å². The minimum absolute atomic E-state index is 0.275. The maximum atomic E-state index is 5.66. The molecule has 0 aliphatic rings. The summed E-state index contributed by atoms with van der Waals surface area (Å²) < 4.78 is 11.3. The van der Waals surface area contributed by atoms with Crippen molar-refractivity contribution in [3.63, 3.8) is 0 Å². The number of aryl methyl sites for hydroxylation is 1. The van der Waals surface area contributed by atoms with Crippen LogP contribution in [0.4, 0.5) is 5.69 Å². The van der Waals surface area contributed by atoms with Gasteiger partial charge in [-0.25, -0.2) is 0 Å². The second-order valence-corrected chi connectivity index (χ2v) is 5.81. The summed E-state index contributed by atoms with van der Waals surface area (Å²) in [4.78, 5) is 1.36. The third-order valence-electron chi connectivity index (χ3n) is 3.22. The highest BCUT2D eigenvalue weighted by atomic mass is 32.1. The molecule has 1 unspecified atom stereocenters. The normalized spacial score (nSPS) is 12.0. The Morgan fingerprint density at radius 3 is 2.43 bits per heavy atom. The summed E-state index contributed by atoms with van der Waals surface area (Å²) in [7, 11) is 0. The molecular weight excluding hydrogens is 282 g/mol. The molecule has 2 aromatic rings. The Morgan fingerprint density at radius 2 is 1.81 bits per heavy atom. The summed E-state index contributed by atoms with van der Waals surface area (Å²) >= 11 is 1.78. The van der Waals surface area contributed by atoms with Gasteiger partial charge in [0.15, 0.2) is 11.5 Å². The number of hydrogen-bond donors (Lipinski definition) is 1. The van der Waals surface area contributed by atoms with Crippen molar-refractivity contribution in [2.24, 2.45) is 0 Å². The summed E-state index contributed by atoms with van der Waals surface area (Å²) in [6.07, 6.45) is 0. The van der Waals surface area contributed by atoms with Crippen molar-refractivity contribution in [2.45, 2.75) is 33.7 Å². The van der Waals surface area contributed by atoms with E-state index in [0.717, 1.165) is 17.2 Å². The zero-order valence-corrected chi connectivity index (χ0v) is 13.9. The molecule has 2 rings (SSSR count). The van der Waals surface area contributed by atoms with Gasteiger partial charge >= 0.3 is 0 Å². The molecule has 1 atom stereocenters. The monoisotopic (exact) mass is 305 g/mol. The second kappa shape index (κ2) is 7.36. The van der Waals surface area contributed by atoms with Gasteiger partial charge < -0.3 is 14.8 Å². The minimum atomic E-state index is 0.275. The molecule has 1 heterocycles. The predicted octanol–water partition coefficient (Wildman–Crippen LogP) is 5.03. The number of rotatable bonds is 7. The fourth-order valence-electron chi connectivity index (χ4n) is 2.28. The summed E-state index contributed by atoms with van der Waals surface area (Å²) in [5.74, 6) is 1.59. The number of ether oxygens (including phenoxy) is 2. The van der Waals surface area contributed by atoms with Crippen molar-refractivity contribution in [1.82, 2.24) is 0 Å². The largest absolute Gasteiger partial charge is 0.490 e. The molecule has 3 nitrogen and oxygen atoms in total. The molecule has 0 aliphatic heterocycles. The highest BCUT2D eigenvalue weighted by molar-refractivity contribution is 7.10. The first kappa shape index (κ1) is 15.7. The molecule has 0 saturated heterocycles. The van der Waals surface area contributed by atoms with Crippen molar-refractivity contribution < 1.29 is 9.47 Å². The highest BCUT2D eigenvalue weighted by Gasteiger charge is 2.12. The molecule has 0 fully saturated rings. The lowest BCUT2D eigenvalue weighted by atomic mass is 10.2. The van der Waals surface area contributed by atoms with E-state index < -0.39 is 0 Å². The Labute approximate surface area is 130 Å². The van der Waals surface area contributed by atoms with Gasteiger partial charge in [-0.05, 0) is 56.8 Å². The van der Waals surface area contributed by atoms with E-state index in [2.05, 4.69) is 30.6 Å². The van der Waals surface area contributed by atoms with E-state index in [-0.39, 0.29) is 6.04 Å². The molecule has 0 spiro atoms. The molecule has 114 valence electrons. The van der Waals surface area contributed by atoms with E-state index in [1.54, 1.807) is 11.3 Å².